The van der Waals surface area contributed by atoms with Gasteiger partial charge in [0.05, 0.1) is 17.7 Å². The molecule has 5 nitrogen and oxygen atoms in total. The number of amides is 2. The molecule has 0 aromatic carbocycles. The van der Waals surface area contributed by atoms with Crippen molar-refractivity contribution in [3.63, 3.8) is 0 Å². The highest BCUT2D eigenvalue weighted by molar-refractivity contribution is 7.07. The summed E-state index contributed by atoms with van der Waals surface area (Å²) in [7, 11) is 0. The Balaban J connectivity index is 2.13. The van der Waals surface area contributed by atoms with Crippen LogP contribution in [0.4, 0.5) is 0 Å². The number of rotatable bonds is 3. The van der Waals surface area contributed by atoms with Gasteiger partial charge in [0.1, 0.15) is 6.04 Å². The van der Waals surface area contributed by atoms with Crippen LogP contribution in [0.25, 0.3) is 0 Å². The molecule has 0 saturated carbocycles. The fourth-order valence-electron chi connectivity index (χ4n) is 1.97. The van der Waals surface area contributed by atoms with Crippen molar-refractivity contribution in [3.05, 3.63) is 16.6 Å². The Morgan fingerprint density at radius 2 is 2.33 bits per heavy atom. The highest BCUT2D eigenvalue weighted by atomic mass is 32.1. The van der Waals surface area contributed by atoms with E-state index in [0.717, 1.165) is 5.69 Å². The molecule has 2 rings (SSSR count). The number of nitrogens with zero attached hydrogens (tertiary/aromatic N) is 2. The highest BCUT2D eigenvalue weighted by Gasteiger charge is 2.31. The third-order valence-corrected chi connectivity index (χ3v) is 3.64. The molecule has 1 aromatic heterocycles. The molecule has 2 heterocycles. The summed E-state index contributed by atoms with van der Waals surface area (Å²) >= 11 is 1.51. The molecule has 0 spiro atoms. The third kappa shape index (κ3) is 2.87. The fraction of sp³-hybridized carbons (Fsp3) is 0.583. The molecular weight excluding hydrogens is 250 g/mol. The lowest BCUT2D eigenvalue weighted by atomic mass is 10.0. The van der Waals surface area contributed by atoms with E-state index in [-0.39, 0.29) is 17.7 Å². The van der Waals surface area contributed by atoms with Crippen molar-refractivity contribution in [3.8, 4) is 0 Å². The fourth-order valence-corrected chi connectivity index (χ4v) is 2.52. The third-order valence-electron chi connectivity index (χ3n) is 3.01. The lowest BCUT2D eigenvalue weighted by molar-refractivity contribution is -0.135. The van der Waals surface area contributed by atoms with Gasteiger partial charge in [-0.1, -0.05) is 13.8 Å². The van der Waals surface area contributed by atoms with E-state index in [1.54, 1.807) is 10.4 Å². The Hall–Kier alpha value is -1.43. The van der Waals surface area contributed by atoms with Gasteiger partial charge < -0.3 is 10.2 Å². The smallest absolute Gasteiger partial charge is 0.245 e. The van der Waals surface area contributed by atoms with Gasteiger partial charge in [0.15, 0.2) is 0 Å². The minimum absolute atomic E-state index is 0.0103. The SMILES string of the molecule is CC(C)C1NC(=O)CCN(Cc2cscn2)C1=O. The van der Waals surface area contributed by atoms with Gasteiger partial charge in [0.2, 0.25) is 11.8 Å². The monoisotopic (exact) mass is 267 g/mol. The molecule has 18 heavy (non-hydrogen) atoms. The number of aromatic nitrogens is 1. The van der Waals surface area contributed by atoms with Crippen LogP contribution in [0.1, 0.15) is 26.0 Å². The van der Waals surface area contributed by atoms with Crippen LogP contribution in [-0.4, -0.2) is 34.3 Å². The lowest BCUT2D eigenvalue weighted by Crippen LogP contribution is -2.47. The Morgan fingerprint density at radius 1 is 1.56 bits per heavy atom. The molecule has 1 saturated heterocycles. The quantitative estimate of drug-likeness (QED) is 0.889. The number of hydrogen-bond acceptors (Lipinski definition) is 4. The molecule has 0 radical (unpaired) electrons. The first-order valence-corrected chi connectivity index (χ1v) is 6.97. The minimum Gasteiger partial charge on any atom is -0.344 e. The Bertz CT molecular complexity index is 431. The molecule has 98 valence electrons. The maximum atomic E-state index is 12.3. The van der Waals surface area contributed by atoms with Gasteiger partial charge in [-0.15, -0.1) is 11.3 Å². The molecule has 1 atom stereocenters. The molecule has 0 aliphatic carbocycles. The zero-order valence-electron chi connectivity index (χ0n) is 10.5. The van der Waals surface area contributed by atoms with Gasteiger partial charge >= 0.3 is 0 Å². The van der Waals surface area contributed by atoms with E-state index in [9.17, 15) is 9.59 Å². The molecule has 1 unspecified atom stereocenters. The molecule has 1 N–H and O–H groups in total. The van der Waals surface area contributed by atoms with E-state index in [1.807, 2.05) is 19.2 Å². The van der Waals surface area contributed by atoms with Crippen molar-refractivity contribution in [2.75, 3.05) is 6.54 Å². The maximum Gasteiger partial charge on any atom is 0.245 e. The van der Waals surface area contributed by atoms with Crippen LogP contribution in [0.5, 0.6) is 0 Å². The van der Waals surface area contributed by atoms with Crippen LogP contribution in [0, 0.1) is 5.92 Å². The second kappa shape index (κ2) is 5.48. The van der Waals surface area contributed by atoms with E-state index in [4.69, 9.17) is 0 Å². The average molecular weight is 267 g/mol. The number of thiazole rings is 1. The van der Waals surface area contributed by atoms with Crippen molar-refractivity contribution < 1.29 is 9.59 Å². The first-order chi connectivity index (χ1) is 8.58. The first-order valence-electron chi connectivity index (χ1n) is 6.03. The molecule has 0 bridgehead atoms. The van der Waals surface area contributed by atoms with Crippen molar-refractivity contribution in [2.45, 2.75) is 32.9 Å². The molecule has 6 heteroatoms. The number of carbonyl (C=O) groups is 2. The predicted molar refractivity (Wildman–Crippen MR) is 68.9 cm³/mol. The summed E-state index contributed by atoms with van der Waals surface area (Å²) in [5.74, 6) is 0.0316. The largest absolute Gasteiger partial charge is 0.344 e. The molecule has 1 aliphatic rings. The summed E-state index contributed by atoms with van der Waals surface area (Å²) in [6.07, 6.45) is 0.360. The van der Waals surface area contributed by atoms with Crippen LogP contribution in [-0.2, 0) is 16.1 Å². The second-order valence-corrected chi connectivity index (χ2v) is 5.50. The average Bonchev–Trinajstić information content (AvgIpc) is 2.78. The summed E-state index contributed by atoms with van der Waals surface area (Å²) in [5, 5.41) is 4.72. The Kier molecular flexibility index (Phi) is 3.96. The summed E-state index contributed by atoms with van der Waals surface area (Å²) < 4.78 is 0. The lowest BCUT2D eigenvalue weighted by Gasteiger charge is -2.25. The summed E-state index contributed by atoms with van der Waals surface area (Å²) in [5.41, 5.74) is 2.63. The van der Waals surface area contributed by atoms with Gasteiger partial charge in [-0.2, -0.15) is 0 Å². The van der Waals surface area contributed by atoms with Crippen molar-refractivity contribution >= 4 is 23.2 Å². The second-order valence-electron chi connectivity index (χ2n) is 4.78. The van der Waals surface area contributed by atoms with Crippen LogP contribution >= 0.6 is 11.3 Å². The number of nitrogens with one attached hydrogen (secondary N) is 1. The molecule has 1 fully saturated rings. The van der Waals surface area contributed by atoms with Crippen LogP contribution < -0.4 is 5.32 Å². The van der Waals surface area contributed by atoms with E-state index in [2.05, 4.69) is 10.3 Å². The van der Waals surface area contributed by atoms with Gasteiger partial charge in [-0.3, -0.25) is 9.59 Å². The molecular formula is C12H17N3O2S. The molecule has 1 aromatic rings. The van der Waals surface area contributed by atoms with Crippen LogP contribution in [0.15, 0.2) is 10.9 Å². The number of carbonyl (C=O) groups excluding carboxylic acids is 2. The van der Waals surface area contributed by atoms with Crippen molar-refractivity contribution in [1.82, 2.24) is 15.2 Å². The van der Waals surface area contributed by atoms with Gasteiger partial charge in [0, 0.05) is 18.3 Å². The van der Waals surface area contributed by atoms with Crippen molar-refractivity contribution in [2.24, 2.45) is 5.92 Å². The van der Waals surface area contributed by atoms with E-state index in [0.29, 0.717) is 19.5 Å². The van der Waals surface area contributed by atoms with E-state index < -0.39 is 6.04 Å². The van der Waals surface area contributed by atoms with Crippen molar-refractivity contribution in [1.29, 1.82) is 0 Å². The zero-order chi connectivity index (χ0) is 13.1. The van der Waals surface area contributed by atoms with Gasteiger partial charge in [-0.25, -0.2) is 4.98 Å². The van der Waals surface area contributed by atoms with E-state index in [1.165, 1.54) is 11.3 Å². The first kappa shape index (κ1) is 13.0. The summed E-state index contributed by atoms with van der Waals surface area (Å²) in [6, 6.07) is -0.418. The maximum absolute atomic E-state index is 12.3. The van der Waals surface area contributed by atoms with Gasteiger partial charge in [-0.05, 0) is 5.92 Å². The van der Waals surface area contributed by atoms with E-state index >= 15 is 0 Å². The summed E-state index contributed by atoms with van der Waals surface area (Å²) in [4.78, 5) is 29.8. The Labute approximate surface area is 110 Å². The Morgan fingerprint density at radius 3 is 2.94 bits per heavy atom. The standard InChI is InChI=1S/C12H17N3O2S/c1-8(2)11-12(17)15(4-3-10(16)14-11)5-9-6-18-7-13-9/h6-8,11H,3-5H2,1-2H3,(H,14,16). The molecule has 2 amide bonds. The highest BCUT2D eigenvalue weighted by Crippen LogP contribution is 2.14. The van der Waals surface area contributed by atoms with Crippen LogP contribution in [0.2, 0.25) is 0 Å². The normalized spacial score (nSPS) is 21.1. The predicted octanol–water partition coefficient (Wildman–Crippen LogP) is 1.02. The zero-order valence-corrected chi connectivity index (χ0v) is 11.4. The topological polar surface area (TPSA) is 62.3 Å². The van der Waals surface area contributed by atoms with Gasteiger partial charge in [0.25, 0.3) is 0 Å². The van der Waals surface area contributed by atoms with Crippen LogP contribution in [0.3, 0.4) is 0 Å². The summed E-state index contributed by atoms with van der Waals surface area (Å²) in [6.45, 7) is 4.83. The number of hydrogen-bond donors (Lipinski definition) is 1. The minimum atomic E-state index is -0.418. The molecule has 1 aliphatic heterocycles.